The Morgan fingerprint density at radius 1 is 1.50 bits per heavy atom. The first-order valence-electron chi connectivity index (χ1n) is 4.02. The van der Waals surface area contributed by atoms with Crippen LogP contribution in [0.15, 0.2) is 0 Å². The predicted molar refractivity (Wildman–Crippen MR) is 38.3 cm³/mol. The Balaban J connectivity index is 2.78. The number of rotatable bonds is 2. The average Bonchev–Trinajstić information content (AvgIpc) is 2.25. The molecule has 6 heteroatoms. The number of halogens is 5. The second-order valence-electron chi connectivity index (χ2n) is 3.10. The van der Waals surface area contributed by atoms with Gasteiger partial charge < -0.3 is 0 Å². The molecular weight excluding hydrogens is 207 g/mol. The highest BCUT2D eigenvalue weighted by Crippen LogP contribution is 2.46. The monoisotopic (exact) mass is 216 g/mol. The molecule has 1 fully saturated rings. The van der Waals surface area contributed by atoms with Crippen LogP contribution < -0.4 is 0 Å². The maximum atomic E-state index is 13.5. The van der Waals surface area contributed by atoms with Gasteiger partial charge in [0.15, 0.2) is 6.17 Å². The fraction of sp³-hybridized carbons (Fsp3) is 0.750. The lowest BCUT2D eigenvalue weighted by molar-refractivity contribution is -0.406. The van der Waals surface area contributed by atoms with Crippen LogP contribution in [0, 0.1) is 19.3 Å². The Kier molecular flexibility index (Phi) is 3.04. The van der Waals surface area contributed by atoms with Gasteiger partial charge in [-0.05, 0) is 12.8 Å². The molecule has 0 amide bonds. The van der Waals surface area contributed by atoms with E-state index < -0.39 is 24.3 Å². The SMILES string of the molecule is [CH2]CC1C[CH]C(F)C1(F)OC(F)(F)F. The summed E-state index contributed by atoms with van der Waals surface area (Å²) in [6.07, 6.45) is -6.94. The summed E-state index contributed by atoms with van der Waals surface area (Å²) in [4.78, 5) is 0. The Morgan fingerprint density at radius 2 is 2.07 bits per heavy atom. The van der Waals surface area contributed by atoms with Crippen LogP contribution in [0.2, 0.25) is 0 Å². The molecule has 0 aromatic rings. The third-order valence-electron chi connectivity index (χ3n) is 2.18. The smallest absolute Gasteiger partial charge is 0.251 e. The van der Waals surface area contributed by atoms with Gasteiger partial charge in [-0.25, -0.2) is 8.78 Å². The summed E-state index contributed by atoms with van der Waals surface area (Å²) in [5.41, 5.74) is 0. The Hall–Kier alpha value is -0.390. The van der Waals surface area contributed by atoms with Crippen LogP contribution in [0.1, 0.15) is 12.8 Å². The van der Waals surface area contributed by atoms with Crippen molar-refractivity contribution in [3.05, 3.63) is 13.3 Å². The summed E-state index contributed by atoms with van der Waals surface area (Å²) in [5, 5.41) is 0. The van der Waals surface area contributed by atoms with E-state index >= 15 is 0 Å². The highest BCUT2D eigenvalue weighted by molar-refractivity contribution is 5.03. The van der Waals surface area contributed by atoms with Crippen LogP contribution in [0.3, 0.4) is 0 Å². The van der Waals surface area contributed by atoms with Crippen LogP contribution in [-0.2, 0) is 4.74 Å². The van der Waals surface area contributed by atoms with Crippen LogP contribution >= 0.6 is 0 Å². The molecule has 0 aliphatic heterocycles. The second-order valence-corrected chi connectivity index (χ2v) is 3.10. The van der Waals surface area contributed by atoms with Crippen molar-refractivity contribution in [2.75, 3.05) is 0 Å². The highest BCUT2D eigenvalue weighted by atomic mass is 19.4. The maximum absolute atomic E-state index is 13.5. The minimum atomic E-state index is -5.18. The van der Waals surface area contributed by atoms with E-state index in [9.17, 15) is 22.0 Å². The molecule has 1 aliphatic rings. The quantitative estimate of drug-likeness (QED) is 0.645. The first-order valence-corrected chi connectivity index (χ1v) is 4.02. The summed E-state index contributed by atoms with van der Waals surface area (Å²) in [6, 6.07) is 0. The van der Waals surface area contributed by atoms with Crippen molar-refractivity contribution in [3.8, 4) is 0 Å². The highest BCUT2D eigenvalue weighted by Gasteiger charge is 2.58. The maximum Gasteiger partial charge on any atom is 0.525 e. The van der Waals surface area contributed by atoms with Gasteiger partial charge in [-0.15, -0.1) is 13.2 Å². The predicted octanol–water partition coefficient (Wildman–Crippen LogP) is 2.98. The van der Waals surface area contributed by atoms with Gasteiger partial charge in [0.1, 0.15) is 0 Å². The zero-order valence-corrected chi connectivity index (χ0v) is 7.15. The van der Waals surface area contributed by atoms with Crippen LogP contribution in [0.25, 0.3) is 0 Å². The van der Waals surface area contributed by atoms with E-state index in [1.807, 2.05) is 0 Å². The molecule has 1 saturated carbocycles. The molecule has 2 radical (unpaired) electrons. The molecule has 0 aromatic heterocycles. The van der Waals surface area contributed by atoms with E-state index in [2.05, 4.69) is 11.7 Å². The van der Waals surface area contributed by atoms with Crippen molar-refractivity contribution in [2.24, 2.45) is 5.92 Å². The van der Waals surface area contributed by atoms with Crippen LogP contribution in [0.4, 0.5) is 22.0 Å². The molecule has 0 N–H and O–H groups in total. The minimum Gasteiger partial charge on any atom is -0.251 e. The molecule has 1 rings (SSSR count). The van der Waals surface area contributed by atoms with Gasteiger partial charge in [0.2, 0.25) is 0 Å². The number of alkyl halides is 5. The summed E-state index contributed by atoms with van der Waals surface area (Å²) in [7, 11) is 0. The Bertz CT molecular complexity index is 204. The summed E-state index contributed by atoms with van der Waals surface area (Å²) >= 11 is 0. The lowest BCUT2D eigenvalue weighted by atomic mass is 10.0. The van der Waals surface area contributed by atoms with Crippen LogP contribution in [0.5, 0.6) is 0 Å². The summed E-state index contributed by atoms with van der Waals surface area (Å²) in [5.74, 6) is -4.49. The number of hydrogen-bond acceptors (Lipinski definition) is 1. The molecule has 0 heterocycles. The van der Waals surface area contributed by atoms with Crippen molar-refractivity contribution < 1.29 is 26.7 Å². The molecule has 0 saturated heterocycles. The fourth-order valence-corrected chi connectivity index (χ4v) is 1.46. The van der Waals surface area contributed by atoms with E-state index in [4.69, 9.17) is 0 Å². The Morgan fingerprint density at radius 3 is 2.50 bits per heavy atom. The first-order chi connectivity index (χ1) is 6.29. The van der Waals surface area contributed by atoms with Gasteiger partial charge in [-0.3, -0.25) is 4.74 Å². The zero-order chi connectivity index (χ0) is 11.0. The van der Waals surface area contributed by atoms with Gasteiger partial charge in [0.25, 0.3) is 5.85 Å². The van der Waals surface area contributed by atoms with Gasteiger partial charge in [0.05, 0.1) is 0 Å². The molecular formula is C8H9F5O. The van der Waals surface area contributed by atoms with Crippen molar-refractivity contribution >= 4 is 0 Å². The standard InChI is InChI=1S/C8H9F5O/c1-2-5-3-4-6(9)7(5,10)14-8(11,12)13/h4-6H,1-3H2. The van der Waals surface area contributed by atoms with Gasteiger partial charge in [-0.1, -0.05) is 6.92 Å². The third kappa shape index (κ3) is 2.16. The van der Waals surface area contributed by atoms with Crippen molar-refractivity contribution in [2.45, 2.75) is 31.2 Å². The minimum absolute atomic E-state index is 0.1000. The molecule has 0 bridgehead atoms. The average molecular weight is 216 g/mol. The van der Waals surface area contributed by atoms with Gasteiger partial charge in [0, 0.05) is 12.3 Å². The van der Waals surface area contributed by atoms with Crippen LogP contribution in [-0.4, -0.2) is 18.4 Å². The van der Waals surface area contributed by atoms with E-state index in [0.717, 1.165) is 6.42 Å². The first kappa shape index (κ1) is 11.7. The lowest BCUT2D eigenvalue weighted by Crippen LogP contribution is -2.43. The molecule has 0 aromatic carbocycles. The van der Waals surface area contributed by atoms with Crippen molar-refractivity contribution in [1.29, 1.82) is 0 Å². The molecule has 14 heavy (non-hydrogen) atoms. The van der Waals surface area contributed by atoms with E-state index in [1.165, 1.54) is 0 Å². The third-order valence-corrected chi connectivity index (χ3v) is 2.18. The summed E-state index contributed by atoms with van der Waals surface area (Å²) in [6.45, 7) is 3.25. The fourth-order valence-electron chi connectivity index (χ4n) is 1.46. The van der Waals surface area contributed by atoms with Crippen molar-refractivity contribution in [3.63, 3.8) is 0 Å². The van der Waals surface area contributed by atoms with Crippen molar-refractivity contribution in [1.82, 2.24) is 0 Å². The second kappa shape index (κ2) is 3.64. The molecule has 3 unspecified atom stereocenters. The Labute approximate surface area is 78.2 Å². The number of hydrogen-bond donors (Lipinski definition) is 0. The normalized spacial score (nSPS) is 39.0. The molecule has 82 valence electrons. The molecule has 0 spiro atoms. The molecule has 1 aliphatic carbocycles. The van der Waals surface area contributed by atoms with Gasteiger partial charge >= 0.3 is 6.36 Å². The topological polar surface area (TPSA) is 9.23 Å². The van der Waals surface area contributed by atoms with E-state index in [1.54, 1.807) is 0 Å². The van der Waals surface area contributed by atoms with E-state index in [-0.39, 0.29) is 12.8 Å². The largest absolute Gasteiger partial charge is 0.525 e. The van der Waals surface area contributed by atoms with Gasteiger partial charge in [-0.2, -0.15) is 0 Å². The number of ether oxygens (including phenoxy) is 1. The molecule has 1 nitrogen and oxygen atoms in total. The van der Waals surface area contributed by atoms with E-state index in [0.29, 0.717) is 0 Å². The lowest BCUT2D eigenvalue weighted by Gasteiger charge is -2.28. The molecule has 3 atom stereocenters. The zero-order valence-electron chi connectivity index (χ0n) is 7.15. The summed E-state index contributed by atoms with van der Waals surface area (Å²) < 4.78 is 64.8.